The van der Waals surface area contributed by atoms with Gasteiger partial charge in [-0.3, -0.25) is 5.32 Å². The Morgan fingerprint density at radius 3 is 2.75 bits per heavy atom. The monoisotopic (exact) mass is 273 g/mol. The second-order valence-corrected chi connectivity index (χ2v) is 4.35. The second-order valence-electron chi connectivity index (χ2n) is 4.35. The van der Waals surface area contributed by atoms with E-state index in [4.69, 9.17) is 4.74 Å². The standard InChI is InChI=1S/C16H16FNO2/c1-2-12-6-5-8-14(10-12)18-16(19)20-11-13-7-3-4-9-15(13)17/h3-10H,2,11H2,1H3,(H,18,19). The van der Waals surface area contributed by atoms with E-state index in [0.29, 0.717) is 11.3 Å². The van der Waals surface area contributed by atoms with Gasteiger partial charge < -0.3 is 4.74 Å². The highest BCUT2D eigenvalue weighted by Gasteiger charge is 2.06. The Balaban J connectivity index is 1.91. The van der Waals surface area contributed by atoms with Gasteiger partial charge in [0.1, 0.15) is 12.4 Å². The number of hydrogen-bond acceptors (Lipinski definition) is 2. The van der Waals surface area contributed by atoms with E-state index in [1.807, 2.05) is 25.1 Å². The normalized spacial score (nSPS) is 10.1. The van der Waals surface area contributed by atoms with Crippen molar-refractivity contribution in [3.63, 3.8) is 0 Å². The van der Waals surface area contributed by atoms with Crippen molar-refractivity contribution < 1.29 is 13.9 Å². The van der Waals surface area contributed by atoms with Crippen molar-refractivity contribution in [1.29, 1.82) is 0 Å². The molecule has 1 N–H and O–H groups in total. The number of benzene rings is 2. The van der Waals surface area contributed by atoms with Crippen molar-refractivity contribution in [1.82, 2.24) is 0 Å². The van der Waals surface area contributed by atoms with Crippen LogP contribution in [0.15, 0.2) is 48.5 Å². The van der Waals surface area contributed by atoms with E-state index >= 15 is 0 Å². The molecular weight excluding hydrogens is 257 g/mol. The molecule has 0 aromatic heterocycles. The molecule has 0 fully saturated rings. The number of anilines is 1. The lowest BCUT2D eigenvalue weighted by Gasteiger charge is -2.08. The van der Waals surface area contributed by atoms with E-state index in [2.05, 4.69) is 5.32 Å². The summed E-state index contributed by atoms with van der Waals surface area (Å²) in [6, 6.07) is 13.7. The molecule has 0 saturated heterocycles. The maximum absolute atomic E-state index is 13.4. The molecule has 2 aromatic carbocycles. The molecule has 0 aliphatic rings. The summed E-state index contributed by atoms with van der Waals surface area (Å²) in [4.78, 5) is 11.6. The molecule has 0 bridgehead atoms. The molecule has 4 heteroatoms. The molecule has 0 unspecified atom stereocenters. The van der Waals surface area contributed by atoms with Gasteiger partial charge in [0.15, 0.2) is 0 Å². The Morgan fingerprint density at radius 1 is 1.20 bits per heavy atom. The Labute approximate surface area is 117 Å². The number of nitrogens with one attached hydrogen (secondary N) is 1. The zero-order valence-electron chi connectivity index (χ0n) is 11.2. The largest absolute Gasteiger partial charge is 0.444 e. The molecule has 0 radical (unpaired) electrons. The van der Waals surface area contributed by atoms with Crippen LogP contribution in [0, 0.1) is 5.82 Å². The number of aryl methyl sites for hydroxylation is 1. The first-order chi connectivity index (χ1) is 9.69. The Hall–Kier alpha value is -2.36. The Kier molecular flexibility index (Phi) is 4.71. The average Bonchev–Trinajstić information content (AvgIpc) is 2.46. The van der Waals surface area contributed by atoms with Gasteiger partial charge in [-0.1, -0.05) is 37.3 Å². The fourth-order valence-electron chi connectivity index (χ4n) is 1.78. The SMILES string of the molecule is CCc1cccc(NC(=O)OCc2ccccc2F)c1. The summed E-state index contributed by atoms with van der Waals surface area (Å²) in [5, 5.41) is 2.62. The number of rotatable bonds is 4. The van der Waals surface area contributed by atoms with Gasteiger partial charge in [-0.25, -0.2) is 9.18 Å². The number of carbonyl (C=O) groups excluding carboxylic acids is 1. The molecule has 0 heterocycles. The van der Waals surface area contributed by atoms with Crippen molar-refractivity contribution >= 4 is 11.8 Å². The highest BCUT2D eigenvalue weighted by molar-refractivity contribution is 5.84. The summed E-state index contributed by atoms with van der Waals surface area (Å²) in [5.41, 5.74) is 2.14. The minimum atomic E-state index is -0.596. The zero-order chi connectivity index (χ0) is 14.4. The maximum Gasteiger partial charge on any atom is 0.411 e. The van der Waals surface area contributed by atoms with Gasteiger partial charge in [-0.2, -0.15) is 0 Å². The van der Waals surface area contributed by atoms with Gasteiger partial charge in [-0.15, -0.1) is 0 Å². The number of halogens is 1. The summed E-state index contributed by atoms with van der Waals surface area (Å²) in [6.45, 7) is 1.95. The van der Waals surface area contributed by atoms with Crippen LogP contribution in [-0.4, -0.2) is 6.09 Å². The van der Waals surface area contributed by atoms with E-state index in [9.17, 15) is 9.18 Å². The topological polar surface area (TPSA) is 38.3 Å². The predicted octanol–water partition coefficient (Wildman–Crippen LogP) is 4.14. The first-order valence-corrected chi connectivity index (χ1v) is 6.45. The van der Waals surface area contributed by atoms with Crippen molar-refractivity contribution in [2.45, 2.75) is 20.0 Å². The summed E-state index contributed by atoms with van der Waals surface area (Å²) < 4.78 is 18.4. The first-order valence-electron chi connectivity index (χ1n) is 6.45. The van der Waals surface area contributed by atoms with Crippen LogP contribution in [0.25, 0.3) is 0 Å². The molecule has 3 nitrogen and oxygen atoms in total. The molecule has 0 aliphatic heterocycles. The number of carbonyl (C=O) groups is 1. The van der Waals surface area contributed by atoms with E-state index < -0.39 is 6.09 Å². The molecule has 104 valence electrons. The highest BCUT2D eigenvalue weighted by Crippen LogP contribution is 2.12. The van der Waals surface area contributed by atoms with Crippen LogP contribution in [0.5, 0.6) is 0 Å². The van der Waals surface area contributed by atoms with Gasteiger partial charge in [-0.05, 0) is 30.2 Å². The average molecular weight is 273 g/mol. The molecule has 0 atom stereocenters. The van der Waals surface area contributed by atoms with Crippen LogP contribution in [0.3, 0.4) is 0 Å². The van der Waals surface area contributed by atoms with Crippen LogP contribution in [0.1, 0.15) is 18.1 Å². The third-order valence-electron chi connectivity index (χ3n) is 2.90. The lowest BCUT2D eigenvalue weighted by atomic mass is 10.1. The van der Waals surface area contributed by atoms with Crippen molar-refractivity contribution in [3.8, 4) is 0 Å². The molecule has 0 spiro atoms. The Bertz CT molecular complexity index is 599. The first kappa shape index (κ1) is 14.1. The van der Waals surface area contributed by atoms with Crippen LogP contribution in [0.4, 0.5) is 14.9 Å². The van der Waals surface area contributed by atoms with Crippen molar-refractivity contribution in [2.24, 2.45) is 0 Å². The van der Waals surface area contributed by atoms with E-state index in [-0.39, 0.29) is 12.4 Å². The molecular formula is C16H16FNO2. The summed E-state index contributed by atoms with van der Waals surface area (Å²) in [5.74, 6) is -0.381. The molecule has 2 rings (SSSR count). The van der Waals surface area contributed by atoms with Crippen LogP contribution < -0.4 is 5.32 Å². The lowest BCUT2D eigenvalue weighted by molar-refractivity contribution is 0.154. The van der Waals surface area contributed by atoms with Crippen LogP contribution >= 0.6 is 0 Å². The molecule has 1 amide bonds. The number of ether oxygens (including phenoxy) is 1. The third-order valence-corrected chi connectivity index (χ3v) is 2.90. The van der Waals surface area contributed by atoms with E-state index in [0.717, 1.165) is 12.0 Å². The second kappa shape index (κ2) is 6.70. The minimum Gasteiger partial charge on any atom is -0.444 e. The van der Waals surface area contributed by atoms with E-state index in [1.54, 1.807) is 24.3 Å². The fraction of sp³-hybridized carbons (Fsp3) is 0.188. The van der Waals surface area contributed by atoms with Gasteiger partial charge in [0.25, 0.3) is 0 Å². The quantitative estimate of drug-likeness (QED) is 0.909. The fourth-order valence-corrected chi connectivity index (χ4v) is 1.78. The molecule has 20 heavy (non-hydrogen) atoms. The Morgan fingerprint density at radius 2 is 2.00 bits per heavy atom. The van der Waals surface area contributed by atoms with Gasteiger partial charge in [0.2, 0.25) is 0 Å². The number of hydrogen-bond donors (Lipinski definition) is 1. The molecule has 0 aliphatic carbocycles. The van der Waals surface area contributed by atoms with Gasteiger partial charge in [0.05, 0.1) is 0 Å². The highest BCUT2D eigenvalue weighted by atomic mass is 19.1. The van der Waals surface area contributed by atoms with Crippen LogP contribution in [0.2, 0.25) is 0 Å². The molecule has 2 aromatic rings. The van der Waals surface area contributed by atoms with Crippen molar-refractivity contribution in [3.05, 3.63) is 65.5 Å². The summed E-state index contributed by atoms with van der Waals surface area (Å²) in [7, 11) is 0. The lowest BCUT2D eigenvalue weighted by Crippen LogP contribution is -2.14. The minimum absolute atomic E-state index is 0.0913. The number of amides is 1. The maximum atomic E-state index is 13.4. The zero-order valence-corrected chi connectivity index (χ0v) is 11.2. The van der Waals surface area contributed by atoms with Gasteiger partial charge >= 0.3 is 6.09 Å². The smallest absolute Gasteiger partial charge is 0.411 e. The van der Waals surface area contributed by atoms with Gasteiger partial charge in [0, 0.05) is 11.3 Å². The van der Waals surface area contributed by atoms with E-state index in [1.165, 1.54) is 6.07 Å². The summed E-state index contributed by atoms with van der Waals surface area (Å²) >= 11 is 0. The summed E-state index contributed by atoms with van der Waals surface area (Å²) in [6.07, 6.45) is 0.293. The van der Waals surface area contributed by atoms with Crippen LogP contribution in [-0.2, 0) is 17.8 Å². The van der Waals surface area contributed by atoms with Crippen molar-refractivity contribution in [2.75, 3.05) is 5.32 Å². The third kappa shape index (κ3) is 3.82. The predicted molar refractivity (Wildman–Crippen MR) is 76.0 cm³/mol. The molecule has 0 saturated carbocycles.